The molecule has 0 unspecified atom stereocenters. The Morgan fingerprint density at radius 1 is 1.07 bits per heavy atom. The normalized spacial score (nSPS) is 12.4. The molecule has 0 spiro atoms. The first kappa shape index (κ1) is 18.9. The molecule has 27 heavy (non-hydrogen) atoms. The summed E-state index contributed by atoms with van der Waals surface area (Å²) in [5, 5.41) is 0. The summed E-state index contributed by atoms with van der Waals surface area (Å²) in [6.45, 7) is 5.85. The van der Waals surface area contributed by atoms with Crippen LogP contribution < -0.4 is 18.9 Å². The number of rotatable bonds is 6. The molecule has 1 aliphatic heterocycles. The zero-order valence-corrected chi connectivity index (χ0v) is 16.2. The molecule has 0 saturated heterocycles. The average molecular weight is 371 g/mol. The number of hydrogen-bond acceptors (Lipinski definition) is 5. The minimum atomic E-state index is -0.130. The second-order valence-corrected chi connectivity index (χ2v) is 6.60. The number of aryl methyl sites for hydroxylation is 2. The lowest BCUT2D eigenvalue weighted by Gasteiger charge is -2.23. The predicted molar refractivity (Wildman–Crippen MR) is 102 cm³/mol. The van der Waals surface area contributed by atoms with Crippen molar-refractivity contribution in [3.05, 3.63) is 47.0 Å². The second-order valence-electron chi connectivity index (χ2n) is 6.60. The van der Waals surface area contributed by atoms with Gasteiger partial charge in [0, 0.05) is 12.6 Å². The molecule has 3 rings (SSSR count). The molecule has 0 saturated carbocycles. The molecule has 0 aliphatic carbocycles. The van der Waals surface area contributed by atoms with Gasteiger partial charge in [-0.1, -0.05) is 6.07 Å². The van der Waals surface area contributed by atoms with E-state index in [4.69, 9.17) is 18.9 Å². The molecular formula is C21H25NO5. The smallest absolute Gasteiger partial charge is 0.253 e. The number of fused-ring (bicyclic) bond motifs is 1. The van der Waals surface area contributed by atoms with Gasteiger partial charge in [0.25, 0.3) is 5.91 Å². The topological polar surface area (TPSA) is 57.2 Å². The van der Waals surface area contributed by atoms with E-state index >= 15 is 0 Å². The molecule has 1 amide bonds. The average Bonchev–Trinajstić information content (AvgIpc) is 2.65. The summed E-state index contributed by atoms with van der Waals surface area (Å²) in [4.78, 5) is 14.4. The summed E-state index contributed by atoms with van der Waals surface area (Å²) >= 11 is 0. The van der Waals surface area contributed by atoms with Gasteiger partial charge < -0.3 is 23.8 Å². The van der Waals surface area contributed by atoms with Crippen LogP contribution in [-0.2, 0) is 0 Å². The molecular weight excluding hydrogens is 346 g/mol. The summed E-state index contributed by atoms with van der Waals surface area (Å²) in [6, 6.07) is 9.44. The molecule has 0 radical (unpaired) electrons. The molecule has 0 bridgehead atoms. The molecule has 6 nitrogen and oxygen atoms in total. The van der Waals surface area contributed by atoms with E-state index in [2.05, 4.69) is 6.07 Å². The van der Waals surface area contributed by atoms with Crippen LogP contribution in [0, 0.1) is 13.8 Å². The zero-order valence-electron chi connectivity index (χ0n) is 16.2. The summed E-state index contributed by atoms with van der Waals surface area (Å²) in [6.07, 6.45) is 0. The fourth-order valence-corrected chi connectivity index (χ4v) is 3.04. The van der Waals surface area contributed by atoms with Crippen molar-refractivity contribution < 1.29 is 23.7 Å². The van der Waals surface area contributed by atoms with Gasteiger partial charge in [-0.2, -0.15) is 0 Å². The Kier molecular flexibility index (Phi) is 5.74. The molecule has 0 aromatic heterocycles. The number of carbonyl (C=O) groups excluding carboxylic acids is 1. The Labute approximate surface area is 159 Å². The van der Waals surface area contributed by atoms with Gasteiger partial charge in [0.2, 0.25) is 5.75 Å². The van der Waals surface area contributed by atoms with Crippen LogP contribution in [0.1, 0.15) is 21.5 Å². The highest BCUT2D eigenvalue weighted by molar-refractivity contribution is 5.95. The monoisotopic (exact) mass is 371 g/mol. The second kappa shape index (κ2) is 8.20. The van der Waals surface area contributed by atoms with Gasteiger partial charge in [-0.25, -0.2) is 0 Å². The van der Waals surface area contributed by atoms with E-state index in [0.717, 1.165) is 16.9 Å². The Morgan fingerprint density at radius 3 is 2.48 bits per heavy atom. The van der Waals surface area contributed by atoms with Crippen molar-refractivity contribution in [2.24, 2.45) is 0 Å². The predicted octanol–water partition coefficient (Wildman–Crippen LogP) is 3.23. The highest BCUT2D eigenvalue weighted by atomic mass is 16.6. The first-order valence-corrected chi connectivity index (χ1v) is 8.92. The SMILES string of the molecule is COc1cc(C(=O)N(C)CCOc2cc(C)cc(C)c2)cc2c1OCCO2. The first-order valence-electron chi connectivity index (χ1n) is 8.92. The van der Waals surface area contributed by atoms with Gasteiger partial charge in [-0.05, 0) is 49.2 Å². The van der Waals surface area contributed by atoms with Crippen molar-refractivity contribution in [3.8, 4) is 23.0 Å². The molecule has 2 aromatic rings. The van der Waals surface area contributed by atoms with Gasteiger partial charge in [-0.3, -0.25) is 4.79 Å². The van der Waals surface area contributed by atoms with E-state index in [9.17, 15) is 4.79 Å². The fourth-order valence-electron chi connectivity index (χ4n) is 3.04. The van der Waals surface area contributed by atoms with Gasteiger partial charge in [0.05, 0.1) is 13.7 Å². The van der Waals surface area contributed by atoms with Crippen molar-refractivity contribution in [2.75, 3.05) is 40.5 Å². The maximum absolute atomic E-state index is 12.8. The third kappa shape index (κ3) is 4.45. The molecule has 2 aromatic carbocycles. The maximum Gasteiger partial charge on any atom is 0.253 e. The molecule has 0 atom stereocenters. The quantitative estimate of drug-likeness (QED) is 0.780. The van der Waals surface area contributed by atoms with Crippen LogP contribution in [0.15, 0.2) is 30.3 Å². The number of amides is 1. The minimum Gasteiger partial charge on any atom is -0.493 e. The van der Waals surface area contributed by atoms with Crippen LogP contribution in [0.4, 0.5) is 0 Å². The van der Waals surface area contributed by atoms with E-state index in [0.29, 0.717) is 49.2 Å². The van der Waals surface area contributed by atoms with Gasteiger partial charge in [0.15, 0.2) is 11.5 Å². The van der Waals surface area contributed by atoms with Crippen LogP contribution >= 0.6 is 0 Å². The van der Waals surface area contributed by atoms with E-state index < -0.39 is 0 Å². The van der Waals surface area contributed by atoms with Gasteiger partial charge in [-0.15, -0.1) is 0 Å². The summed E-state index contributed by atoms with van der Waals surface area (Å²) in [5.41, 5.74) is 2.79. The Balaban J connectivity index is 1.65. The molecule has 0 fully saturated rings. The maximum atomic E-state index is 12.8. The highest BCUT2D eigenvalue weighted by Crippen LogP contribution is 2.40. The van der Waals surface area contributed by atoms with Crippen LogP contribution in [0.25, 0.3) is 0 Å². The van der Waals surface area contributed by atoms with Crippen molar-refractivity contribution in [1.29, 1.82) is 0 Å². The van der Waals surface area contributed by atoms with Crippen LogP contribution in [0.5, 0.6) is 23.0 Å². The lowest BCUT2D eigenvalue weighted by Crippen LogP contribution is -2.31. The van der Waals surface area contributed by atoms with Crippen LogP contribution in [-0.4, -0.2) is 51.3 Å². The van der Waals surface area contributed by atoms with Crippen molar-refractivity contribution in [1.82, 2.24) is 4.90 Å². The summed E-state index contributed by atoms with van der Waals surface area (Å²) < 4.78 is 22.3. The lowest BCUT2D eigenvalue weighted by atomic mass is 10.1. The summed E-state index contributed by atoms with van der Waals surface area (Å²) in [7, 11) is 3.29. The van der Waals surface area contributed by atoms with Gasteiger partial charge in [0.1, 0.15) is 25.6 Å². The number of likely N-dealkylation sites (N-methyl/N-ethyl adjacent to an activating group) is 1. The van der Waals surface area contributed by atoms with Crippen molar-refractivity contribution >= 4 is 5.91 Å². The van der Waals surface area contributed by atoms with E-state index in [1.165, 1.54) is 0 Å². The minimum absolute atomic E-state index is 0.130. The largest absolute Gasteiger partial charge is 0.493 e. The highest BCUT2D eigenvalue weighted by Gasteiger charge is 2.22. The first-order chi connectivity index (χ1) is 13.0. The van der Waals surface area contributed by atoms with E-state index in [1.54, 1.807) is 31.2 Å². The standard InChI is InChI=1S/C21H25NO5/c1-14-9-15(2)11-17(10-14)25-6-5-22(3)21(23)16-12-18(24-4)20-19(13-16)26-7-8-27-20/h9-13H,5-8H2,1-4H3. The number of hydrogen-bond donors (Lipinski definition) is 0. The zero-order chi connectivity index (χ0) is 19.4. The number of benzene rings is 2. The van der Waals surface area contributed by atoms with Crippen molar-refractivity contribution in [3.63, 3.8) is 0 Å². The Hall–Kier alpha value is -2.89. The number of methoxy groups -OCH3 is 1. The third-order valence-corrected chi connectivity index (χ3v) is 4.31. The number of ether oxygens (including phenoxy) is 4. The molecule has 1 aliphatic rings. The van der Waals surface area contributed by atoms with Crippen molar-refractivity contribution in [2.45, 2.75) is 13.8 Å². The Morgan fingerprint density at radius 2 is 1.78 bits per heavy atom. The molecule has 6 heteroatoms. The fraction of sp³-hybridized carbons (Fsp3) is 0.381. The number of carbonyl (C=O) groups is 1. The molecule has 144 valence electrons. The van der Waals surface area contributed by atoms with Gasteiger partial charge >= 0.3 is 0 Å². The summed E-state index contributed by atoms with van der Waals surface area (Å²) in [5.74, 6) is 2.25. The molecule has 1 heterocycles. The van der Waals surface area contributed by atoms with E-state index in [1.807, 2.05) is 26.0 Å². The van der Waals surface area contributed by atoms with Crippen LogP contribution in [0.3, 0.4) is 0 Å². The number of nitrogens with zero attached hydrogens (tertiary/aromatic N) is 1. The molecule has 0 N–H and O–H groups in total. The lowest BCUT2D eigenvalue weighted by molar-refractivity contribution is 0.0772. The van der Waals surface area contributed by atoms with E-state index in [-0.39, 0.29) is 5.91 Å². The van der Waals surface area contributed by atoms with Crippen LogP contribution in [0.2, 0.25) is 0 Å². The Bertz CT molecular complexity index is 796. The third-order valence-electron chi connectivity index (χ3n) is 4.31.